The van der Waals surface area contributed by atoms with Gasteiger partial charge in [0.1, 0.15) is 5.76 Å². The Morgan fingerprint density at radius 1 is 1.08 bits per heavy atom. The molecule has 6 nitrogen and oxygen atoms in total. The number of aromatic nitrogens is 1. The van der Waals surface area contributed by atoms with Gasteiger partial charge in [0.05, 0.1) is 0 Å². The van der Waals surface area contributed by atoms with E-state index in [0.717, 1.165) is 32.1 Å². The molecule has 0 saturated carbocycles. The van der Waals surface area contributed by atoms with Gasteiger partial charge in [-0.3, -0.25) is 14.4 Å². The van der Waals surface area contributed by atoms with Gasteiger partial charge in [-0.15, -0.1) is 0 Å². The fraction of sp³-hybridized carbons (Fsp3) is 0.400. The first-order valence-electron chi connectivity index (χ1n) is 8.91. The molecule has 138 valence electrons. The molecule has 0 aliphatic heterocycles. The molecular formula is C20H24N2O4. The van der Waals surface area contributed by atoms with Crippen LogP contribution in [0.1, 0.15) is 45.4 Å². The third-order valence-electron chi connectivity index (χ3n) is 4.01. The highest BCUT2D eigenvalue weighted by atomic mass is 16.5. The number of nitrogens with zero attached hydrogens (tertiary/aromatic N) is 1. The Bertz CT molecular complexity index is 708. The van der Waals surface area contributed by atoms with Crippen molar-refractivity contribution in [2.45, 2.75) is 45.4 Å². The lowest BCUT2D eigenvalue weighted by Crippen LogP contribution is -2.21. The highest BCUT2D eigenvalue weighted by Gasteiger charge is 2.25. The van der Waals surface area contributed by atoms with Crippen molar-refractivity contribution in [1.82, 2.24) is 10.3 Å². The number of carbonyl (C=O) groups is 3. The van der Waals surface area contributed by atoms with Crippen LogP contribution in [0.4, 0.5) is 0 Å². The number of Topliss-reactive ketones (excluding diaryl/α,β-unsaturated/α-hetero) is 1. The highest BCUT2D eigenvalue weighted by molar-refractivity contribution is 6.48. The number of rotatable bonds is 10. The van der Waals surface area contributed by atoms with Crippen LogP contribution in [0.3, 0.4) is 0 Å². The SMILES string of the molecule is CC(=O)NCCCCCCCC1=C(Oc2ccccn2)C=CC(=O)C1=O. The molecule has 1 aromatic heterocycles. The predicted molar refractivity (Wildman–Crippen MR) is 97.4 cm³/mol. The molecule has 2 rings (SSSR count). The van der Waals surface area contributed by atoms with Crippen molar-refractivity contribution in [2.75, 3.05) is 6.54 Å². The van der Waals surface area contributed by atoms with E-state index in [9.17, 15) is 14.4 Å². The third-order valence-corrected chi connectivity index (χ3v) is 4.01. The van der Waals surface area contributed by atoms with Crippen molar-refractivity contribution < 1.29 is 19.1 Å². The summed E-state index contributed by atoms with van der Waals surface area (Å²) in [5.41, 5.74) is 0.418. The predicted octanol–water partition coefficient (Wildman–Crippen LogP) is 2.90. The average Bonchev–Trinajstić information content (AvgIpc) is 2.63. The maximum absolute atomic E-state index is 12.2. The zero-order chi connectivity index (χ0) is 18.8. The lowest BCUT2D eigenvalue weighted by Gasteiger charge is -2.14. The second kappa shape index (κ2) is 10.3. The maximum Gasteiger partial charge on any atom is 0.232 e. The molecule has 1 aliphatic carbocycles. The molecule has 0 atom stereocenters. The van der Waals surface area contributed by atoms with E-state index >= 15 is 0 Å². The highest BCUT2D eigenvalue weighted by Crippen LogP contribution is 2.23. The molecule has 1 aromatic rings. The fourth-order valence-electron chi connectivity index (χ4n) is 2.66. The van der Waals surface area contributed by atoms with E-state index in [1.807, 2.05) is 0 Å². The molecule has 0 bridgehead atoms. The van der Waals surface area contributed by atoms with E-state index in [4.69, 9.17) is 4.74 Å². The first kappa shape index (κ1) is 19.6. The van der Waals surface area contributed by atoms with Gasteiger partial charge in [0, 0.05) is 31.3 Å². The largest absolute Gasteiger partial charge is 0.439 e. The number of allylic oxidation sites excluding steroid dienone is 3. The summed E-state index contributed by atoms with van der Waals surface area (Å²) in [6.45, 7) is 2.20. The zero-order valence-corrected chi connectivity index (χ0v) is 15.0. The van der Waals surface area contributed by atoms with Crippen LogP contribution in [0.25, 0.3) is 0 Å². The molecule has 6 heteroatoms. The Labute approximate surface area is 153 Å². The number of carbonyl (C=O) groups excluding carboxylic acids is 3. The standard InChI is InChI=1S/C20H24N2O4/c1-15(23)21-13-7-4-2-3-5-9-16-18(12-11-17(24)20(16)25)26-19-10-6-8-14-22-19/h6,8,10-12,14H,2-5,7,9,13H2,1H3,(H,21,23). The van der Waals surface area contributed by atoms with Crippen LogP contribution in [0, 0.1) is 0 Å². The van der Waals surface area contributed by atoms with Gasteiger partial charge < -0.3 is 10.1 Å². The summed E-state index contributed by atoms with van der Waals surface area (Å²) in [7, 11) is 0. The fourth-order valence-corrected chi connectivity index (χ4v) is 2.66. The van der Waals surface area contributed by atoms with Gasteiger partial charge in [-0.05, 0) is 37.5 Å². The summed E-state index contributed by atoms with van der Waals surface area (Å²) in [5, 5.41) is 2.77. The Kier molecular flexibility index (Phi) is 7.74. The van der Waals surface area contributed by atoms with Gasteiger partial charge in [-0.1, -0.05) is 25.3 Å². The zero-order valence-electron chi connectivity index (χ0n) is 15.0. The lowest BCUT2D eigenvalue weighted by molar-refractivity contribution is -0.131. The van der Waals surface area contributed by atoms with E-state index < -0.39 is 11.6 Å². The van der Waals surface area contributed by atoms with Crippen molar-refractivity contribution in [3.05, 3.63) is 47.9 Å². The molecule has 0 radical (unpaired) electrons. The van der Waals surface area contributed by atoms with Gasteiger partial charge in [-0.2, -0.15) is 0 Å². The first-order chi connectivity index (χ1) is 12.6. The van der Waals surface area contributed by atoms with E-state index in [1.54, 1.807) is 30.5 Å². The molecule has 1 heterocycles. The van der Waals surface area contributed by atoms with E-state index in [1.165, 1.54) is 13.0 Å². The Morgan fingerprint density at radius 2 is 1.85 bits per heavy atom. The molecule has 0 unspecified atom stereocenters. The molecular weight excluding hydrogens is 332 g/mol. The minimum absolute atomic E-state index is 0.00842. The number of amides is 1. The molecule has 0 fully saturated rings. The van der Waals surface area contributed by atoms with Gasteiger partial charge in [0.25, 0.3) is 0 Å². The van der Waals surface area contributed by atoms with Crippen LogP contribution >= 0.6 is 0 Å². The summed E-state index contributed by atoms with van der Waals surface area (Å²) < 4.78 is 5.69. The maximum atomic E-state index is 12.2. The number of pyridine rings is 1. The molecule has 0 saturated heterocycles. The topological polar surface area (TPSA) is 85.4 Å². The quantitative estimate of drug-likeness (QED) is 0.396. The van der Waals surface area contributed by atoms with Crippen LogP contribution in [0.15, 0.2) is 47.9 Å². The van der Waals surface area contributed by atoms with E-state index in [-0.39, 0.29) is 5.91 Å². The molecule has 0 aromatic carbocycles. The van der Waals surface area contributed by atoms with Crippen molar-refractivity contribution in [1.29, 1.82) is 0 Å². The normalized spacial score (nSPS) is 13.9. The second-order valence-electron chi connectivity index (χ2n) is 6.14. The van der Waals surface area contributed by atoms with Crippen molar-refractivity contribution >= 4 is 17.5 Å². The van der Waals surface area contributed by atoms with Crippen LogP contribution in [0.2, 0.25) is 0 Å². The van der Waals surface area contributed by atoms with Crippen LogP contribution in [-0.4, -0.2) is 29.0 Å². The summed E-state index contributed by atoms with van der Waals surface area (Å²) in [6, 6.07) is 5.27. The Balaban J connectivity index is 1.84. The van der Waals surface area contributed by atoms with Crippen LogP contribution in [0.5, 0.6) is 5.88 Å². The number of unbranched alkanes of at least 4 members (excludes halogenated alkanes) is 4. The third kappa shape index (κ3) is 6.27. The van der Waals surface area contributed by atoms with Crippen LogP contribution < -0.4 is 10.1 Å². The number of nitrogens with one attached hydrogen (secondary N) is 1. The molecule has 1 N–H and O–H groups in total. The summed E-state index contributed by atoms with van der Waals surface area (Å²) in [4.78, 5) is 38.7. The Morgan fingerprint density at radius 3 is 2.58 bits per heavy atom. The summed E-state index contributed by atoms with van der Waals surface area (Å²) in [6.07, 6.45) is 9.62. The summed E-state index contributed by atoms with van der Waals surface area (Å²) in [5.74, 6) is -0.220. The number of ether oxygens (including phenoxy) is 1. The number of hydrogen-bond donors (Lipinski definition) is 1. The first-order valence-corrected chi connectivity index (χ1v) is 8.91. The molecule has 26 heavy (non-hydrogen) atoms. The van der Waals surface area contributed by atoms with Crippen molar-refractivity contribution in [2.24, 2.45) is 0 Å². The summed E-state index contributed by atoms with van der Waals surface area (Å²) >= 11 is 0. The van der Waals surface area contributed by atoms with Gasteiger partial charge in [0.15, 0.2) is 0 Å². The van der Waals surface area contributed by atoms with Gasteiger partial charge in [-0.25, -0.2) is 4.98 Å². The second-order valence-corrected chi connectivity index (χ2v) is 6.14. The minimum Gasteiger partial charge on any atom is -0.439 e. The van der Waals surface area contributed by atoms with E-state index in [0.29, 0.717) is 30.2 Å². The lowest BCUT2D eigenvalue weighted by atomic mass is 9.95. The Hall–Kier alpha value is -2.76. The number of ketones is 2. The molecule has 0 spiro atoms. The van der Waals surface area contributed by atoms with Gasteiger partial charge in [0.2, 0.25) is 23.4 Å². The van der Waals surface area contributed by atoms with E-state index in [2.05, 4.69) is 10.3 Å². The molecule has 1 aliphatic rings. The van der Waals surface area contributed by atoms with Crippen molar-refractivity contribution in [3.8, 4) is 5.88 Å². The average molecular weight is 356 g/mol. The van der Waals surface area contributed by atoms with Crippen molar-refractivity contribution in [3.63, 3.8) is 0 Å². The molecule has 1 amide bonds. The van der Waals surface area contributed by atoms with Crippen LogP contribution in [-0.2, 0) is 14.4 Å². The smallest absolute Gasteiger partial charge is 0.232 e. The number of hydrogen-bond acceptors (Lipinski definition) is 5. The monoisotopic (exact) mass is 356 g/mol. The minimum atomic E-state index is -0.510. The van der Waals surface area contributed by atoms with Gasteiger partial charge >= 0.3 is 0 Å².